The Bertz CT molecular complexity index is 1020. The number of aromatic nitrogens is 1. The quantitative estimate of drug-likeness (QED) is 0.130. The summed E-state index contributed by atoms with van der Waals surface area (Å²) in [6.07, 6.45) is 9.40. The number of hydrogen-bond donors (Lipinski definition) is 1. The summed E-state index contributed by atoms with van der Waals surface area (Å²) in [4.78, 5) is 9.53. The Labute approximate surface area is 223 Å². The molecule has 0 aliphatic carbocycles. The van der Waals surface area contributed by atoms with Gasteiger partial charge in [-0.2, -0.15) is 5.10 Å². The molecular weight excluding hydrogens is 460 g/mol. The van der Waals surface area contributed by atoms with Crippen molar-refractivity contribution >= 4 is 11.8 Å². The zero-order chi connectivity index (χ0) is 26.5. The van der Waals surface area contributed by atoms with Crippen molar-refractivity contribution in [3.8, 4) is 0 Å². The monoisotopic (exact) mass is 504 g/mol. The minimum absolute atomic E-state index is 0.555. The van der Waals surface area contributed by atoms with E-state index in [0.29, 0.717) is 6.54 Å². The second-order valence-corrected chi connectivity index (χ2v) is 9.81. The molecule has 0 radical (unpaired) electrons. The third-order valence-electron chi connectivity index (χ3n) is 6.32. The number of hydrazine groups is 1. The Kier molecular flexibility index (Phi) is 11.8. The zero-order valence-electron chi connectivity index (χ0n) is 22.9. The molecule has 2 N–H and O–H groups in total. The summed E-state index contributed by atoms with van der Waals surface area (Å²) in [6.45, 7) is 17.4. The van der Waals surface area contributed by atoms with E-state index in [-0.39, 0.29) is 0 Å². The van der Waals surface area contributed by atoms with Crippen LogP contribution in [-0.4, -0.2) is 65.0 Å². The van der Waals surface area contributed by atoms with E-state index >= 15 is 0 Å². The Morgan fingerprint density at radius 1 is 1.14 bits per heavy atom. The lowest BCUT2D eigenvalue weighted by Gasteiger charge is -2.36. The Morgan fingerprint density at radius 2 is 1.92 bits per heavy atom. The molecular formula is C30H44N6O. The van der Waals surface area contributed by atoms with Crippen LogP contribution in [0.2, 0.25) is 0 Å². The summed E-state index contributed by atoms with van der Waals surface area (Å²) in [5.74, 6) is 6.04. The molecule has 3 rings (SSSR count). The molecule has 0 bridgehead atoms. The average molecular weight is 505 g/mol. The number of aryl methyl sites for hydroxylation is 1. The predicted molar refractivity (Wildman–Crippen MR) is 154 cm³/mol. The first-order valence-corrected chi connectivity index (χ1v) is 13.4. The fourth-order valence-electron chi connectivity index (χ4n) is 4.34. The van der Waals surface area contributed by atoms with Crippen LogP contribution < -0.4 is 5.84 Å². The third kappa shape index (κ3) is 10.1. The van der Waals surface area contributed by atoms with Crippen LogP contribution in [0.3, 0.4) is 0 Å². The summed E-state index contributed by atoms with van der Waals surface area (Å²) in [5, 5.41) is 5.80. The van der Waals surface area contributed by atoms with E-state index < -0.39 is 0 Å². The molecule has 1 saturated heterocycles. The van der Waals surface area contributed by atoms with Crippen LogP contribution in [-0.2, 0) is 24.2 Å². The van der Waals surface area contributed by atoms with Gasteiger partial charge in [0, 0.05) is 63.5 Å². The maximum atomic E-state index is 6.04. The largest absolute Gasteiger partial charge is 0.381 e. The number of ether oxygens (including phenoxy) is 1. The van der Waals surface area contributed by atoms with Gasteiger partial charge in [0.2, 0.25) is 0 Å². The number of rotatable bonds is 14. The second-order valence-electron chi connectivity index (χ2n) is 9.81. The zero-order valence-corrected chi connectivity index (χ0v) is 22.9. The lowest BCUT2D eigenvalue weighted by molar-refractivity contribution is 0.132. The molecule has 0 spiro atoms. The lowest BCUT2D eigenvalue weighted by atomic mass is 10.1. The second kappa shape index (κ2) is 15.3. The topological polar surface area (TPSA) is 70.2 Å². The molecule has 0 atom stereocenters. The van der Waals surface area contributed by atoms with Crippen LogP contribution in [0.25, 0.3) is 6.08 Å². The van der Waals surface area contributed by atoms with Crippen molar-refractivity contribution in [3.63, 3.8) is 0 Å². The molecule has 0 unspecified atom stereocenters. The van der Waals surface area contributed by atoms with Gasteiger partial charge in [-0.15, -0.1) is 0 Å². The number of hydrogen-bond acceptors (Lipinski definition) is 7. The van der Waals surface area contributed by atoms with Crippen LogP contribution in [0.4, 0.5) is 0 Å². The fraction of sp³-hybridized carbons (Fsp3) is 0.467. The summed E-state index contributed by atoms with van der Waals surface area (Å²) in [7, 11) is 0. The number of allylic oxidation sites excluding steroid dienone is 1. The molecule has 200 valence electrons. The Balaban J connectivity index is 1.44. The molecule has 37 heavy (non-hydrogen) atoms. The molecule has 2 heterocycles. The van der Waals surface area contributed by atoms with Crippen molar-refractivity contribution < 1.29 is 4.74 Å². The number of benzene rings is 1. The Morgan fingerprint density at radius 3 is 2.62 bits per heavy atom. The van der Waals surface area contributed by atoms with Crippen molar-refractivity contribution in [2.45, 2.75) is 53.1 Å². The van der Waals surface area contributed by atoms with Crippen LogP contribution in [0, 0.1) is 0 Å². The molecule has 1 fully saturated rings. The van der Waals surface area contributed by atoms with Crippen LogP contribution in [0.15, 0.2) is 66.0 Å². The Hall–Kier alpha value is -3.00. The van der Waals surface area contributed by atoms with Gasteiger partial charge in [-0.3, -0.25) is 9.88 Å². The molecule has 1 aromatic heterocycles. The first-order chi connectivity index (χ1) is 17.9. The van der Waals surface area contributed by atoms with E-state index in [0.717, 1.165) is 93.4 Å². The van der Waals surface area contributed by atoms with Crippen LogP contribution in [0.5, 0.6) is 0 Å². The van der Waals surface area contributed by atoms with Crippen molar-refractivity contribution in [1.82, 2.24) is 19.9 Å². The number of nitrogens with zero attached hydrogens (tertiary/aromatic N) is 5. The normalized spacial score (nSPS) is 14.2. The summed E-state index contributed by atoms with van der Waals surface area (Å²) in [6, 6.07) is 12.6. The van der Waals surface area contributed by atoms with Crippen molar-refractivity contribution in [2.75, 3.05) is 39.4 Å². The third-order valence-corrected chi connectivity index (χ3v) is 6.32. The van der Waals surface area contributed by atoms with E-state index in [1.165, 1.54) is 10.7 Å². The van der Waals surface area contributed by atoms with Gasteiger partial charge < -0.3 is 9.64 Å². The molecule has 7 heteroatoms. The molecule has 1 aliphatic rings. The molecule has 1 aromatic carbocycles. The maximum Gasteiger partial charge on any atom is 0.0786 e. The van der Waals surface area contributed by atoms with Crippen molar-refractivity contribution in [3.05, 3.63) is 83.3 Å². The highest BCUT2D eigenvalue weighted by Crippen LogP contribution is 2.17. The van der Waals surface area contributed by atoms with Crippen LogP contribution in [0.1, 0.15) is 56.0 Å². The molecule has 2 aromatic rings. The SMILES string of the molecule is C=C(/C=C/c1ccccc1CN(N)N=C(C)C)N1CCN(Cc2ccc(CCCOCCC)cn2)CC1. The number of pyridine rings is 1. The van der Waals surface area contributed by atoms with Gasteiger partial charge in [-0.1, -0.05) is 49.9 Å². The van der Waals surface area contributed by atoms with E-state index in [2.05, 4.69) is 64.8 Å². The van der Waals surface area contributed by atoms with Gasteiger partial charge in [0.15, 0.2) is 0 Å². The first-order valence-electron chi connectivity index (χ1n) is 13.4. The van der Waals surface area contributed by atoms with Crippen molar-refractivity contribution in [2.24, 2.45) is 10.9 Å². The molecule has 0 amide bonds. The van der Waals surface area contributed by atoms with Crippen molar-refractivity contribution in [1.29, 1.82) is 0 Å². The number of nitrogens with two attached hydrogens (primary N) is 1. The number of piperazine rings is 1. The van der Waals surface area contributed by atoms with Crippen LogP contribution >= 0.6 is 0 Å². The highest BCUT2D eigenvalue weighted by Gasteiger charge is 2.17. The maximum absolute atomic E-state index is 6.04. The number of hydrazone groups is 1. The van der Waals surface area contributed by atoms with E-state index in [1.807, 2.05) is 32.2 Å². The van der Waals surface area contributed by atoms with Gasteiger partial charge in [0.05, 0.1) is 12.2 Å². The highest BCUT2D eigenvalue weighted by molar-refractivity contribution is 5.78. The first kappa shape index (κ1) is 28.6. The smallest absolute Gasteiger partial charge is 0.0786 e. The summed E-state index contributed by atoms with van der Waals surface area (Å²) >= 11 is 0. The van der Waals surface area contributed by atoms with E-state index in [1.54, 1.807) is 0 Å². The van der Waals surface area contributed by atoms with Gasteiger partial charge in [-0.05, 0) is 61.9 Å². The van der Waals surface area contributed by atoms with E-state index in [4.69, 9.17) is 15.6 Å². The summed E-state index contributed by atoms with van der Waals surface area (Å²) in [5.41, 5.74) is 6.64. The standard InChI is InChI=1S/C30H44N6O/c1-5-20-37-21-8-9-27-13-15-30(32-22-27)24-34-16-18-35(19-17-34)26(4)12-14-28-10-6-7-11-29(28)23-36(31)33-25(2)3/h6-7,10-15,22H,4-5,8-9,16-21,23-24,31H2,1-3H3/b14-12+. The minimum atomic E-state index is 0.555. The predicted octanol–water partition coefficient (Wildman–Crippen LogP) is 4.86. The average Bonchev–Trinajstić information content (AvgIpc) is 2.89. The van der Waals surface area contributed by atoms with E-state index in [9.17, 15) is 0 Å². The summed E-state index contributed by atoms with van der Waals surface area (Å²) < 4.78 is 5.57. The minimum Gasteiger partial charge on any atom is -0.381 e. The van der Waals surface area contributed by atoms with Gasteiger partial charge in [0.1, 0.15) is 0 Å². The molecule has 7 nitrogen and oxygen atoms in total. The molecule has 0 saturated carbocycles. The fourth-order valence-corrected chi connectivity index (χ4v) is 4.34. The molecule has 1 aliphatic heterocycles. The highest BCUT2D eigenvalue weighted by atomic mass is 16.5. The van der Waals surface area contributed by atoms with Gasteiger partial charge in [-0.25, -0.2) is 11.0 Å². The lowest BCUT2D eigenvalue weighted by Crippen LogP contribution is -2.45. The van der Waals surface area contributed by atoms with Gasteiger partial charge >= 0.3 is 0 Å². The van der Waals surface area contributed by atoms with Gasteiger partial charge in [0.25, 0.3) is 0 Å².